The first-order valence-electron chi connectivity index (χ1n) is 6.89. The SMILES string of the molecule is CCc1ccc(C(C)Nc2nc(Cl)nc3nc[nH]c23)cc1. The van der Waals surface area contributed by atoms with Crippen LogP contribution in [0.5, 0.6) is 0 Å². The van der Waals surface area contributed by atoms with Crippen LogP contribution in [0.1, 0.15) is 31.0 Å². The van der Waals surface area contributed by atoms with E-state index in [0.717, 1.165) is 11.9 Å². The highest BCUT2D eigenvalue weighted by Gasteiger charge is 2.12. The van der Waals surface area contributed by atoms with E-state index in [2.05, 4.69) is 63.4 Å². The van der Waals surface area contributed by atoms with Gasteiger partial charge in [0.2, 0.25) is 5.28 Å². The molecule has 3 rings (SSSR count). The van der Waals surface area contributed by atoms with Gasteiger partial charge in [0.15, 0.2) is 11.5 Å². The lowest BCUT2D eigenvalue weighted by Gasteiger charge is -2.15. The van der Waals surface area contributed by atoms with Crippen LogP contribution in [0.15, 0.2) is 30.6 Å². The molecule has 2 aromatic heterocycles. The predicted molar refractivity (Wildman–Crippen MR) is 84.6 cm³/mol. The minimum Gasteiger partial charge on any atom is -0.362 e. The van der Waals surface area contributed by atoms with Gasteiger partial charge in [-0.05, 0) is 36.1 Å². The fourth-order valence-electron chi connectivity index (χ4n) is 2.24. The summed E-state index contributed by atoms with van der Waals surface area (Å²) in [5, 5.41) is 3.54. The van der Waals surface area contributed by atoms with Gasteiger partial charge in [-0.3, -0.25) is 0 Å². The number of anilines is 1. The zero-order valence-corrected chi connectivity index (χ0v) is 12.6. The number of aryl methyl sites for hydroxylation is 1. The van der Waals surface area contributed by atoms with Crippen molar-refractivity contribution in [2.24, 2.45) is 0 Å². The normalized spacial score (nSPS) is 12.5. The molecule has 1 aromatic carbocycles. The van der Waals surface area contributed by atoms with Crippen LogP contribution in [0.3, 0.4) is 0 Å². The second-order valence-electron chi connectivity index (χ2n) is 4.90. The first kappa shape index (κ1) is 13.8. The van der Waals surface area contributed by atoms with E-state index in [4.69, 9.17) is 11.6 Å². The zero-order chi connectivity index (χ0) is 14.8. The van der Waals surface area contributed by atoms with E-state index in [1.807, 2.05) is 0 Å². The van der Waals surface area contributed by atoms with Gasteiger partial charge in [-0.2, -0.15) is 9.97 Å². The molecular formula is C15H16ClN5. The number of nitrogens with one attached hydrogen (secondary N) is 2. The van der Waals surface area contributed by atoms with E-state index in [0.29, 0.717) is 11.5 Å². The number of H-pyrrole nitrogens is 1. The van der Waals surface area contributed by atoms with Crippen molar-refractivity contribution >= 4 is 28.6 Å². The summed E-state index contributed by atoms with van der Waals surface area (Å²) in [5.41, 5.74) is 3.84. The number of rotatable bonds is 4. The van der Waals surface area contributed by atoms with Gasteiger partial charge >= 0.3 is 0 Å². The summed E-state index contributed by atoms with van der Waals surface area (Å²) in [6, 6.07) is 8.65. The number of benzene rings is 1. The summed E-state index contributed by atoms with van der Waals surface area (Å²) in [4.78, 5) is 15.5. The van der Waals surface area contributed by atoms with Crippen LogP contribution in [0.2, 0.25) is 5.28 Å². The van der Waals surface area contributed by atoms with E-state index in [1.165, 1.54) is 11.1 Å². The maximum atomic E-state index is 5.93. The molecule has 0 aliphatic carbocycles. The van der Waals surface area contributed by atoms with Gasteiger partial charge in [0.25, 0.3) is 0 Å². The summed E-state index contributed by atoms with van der Waals surface area (Å²) >= 11 is 5.93. The molecule has 21 heavy (non-hydrogen) atoms. The molecule has 0 saturated carbocycles. The monoisotopic (exact) mass is 301 g/mol. The molecule has 0 aliphatic rings. The Hall–Kier alpha value is -2.14. The van der Waals surface area contributed by atoms with Gasteiger partial charge < -0.3 is 10.3 Å². The maximum absolute atomic E-state index is 5.93. The average Bonchev–Trinajstić information content (AvgIpc) is 2.95. The van der Waals surface area contributed by atoms with Gasteiger partial charge in [0.1, 0.15) is 5.52 Å². The lowest BCUT2D eigenvalue weighted by molar-refractivity contribution is 0.873. The number of hydrogen-bond donors (Lipinski definition) is 2. The van der Waals surface area contributed by atoms with E-state index < -0.39 is 0 Å². The number of aromatic nitrogens is 4. The maximum Gasteiger partial charge on any atom is 0.226 e. The highest BCUT2D eigenvalue weighted by atomic mass is 35.5. The number of fused-ring (bicyclic) bond motifs is 1. The third kappa shape index (κ3) is 2.83. The molecule has 2 N–H and O–H groups in total. The molecule has 0 spiro atoms. The first-order chi connectivity index (χ1) is 10.2. The molecule has 0 radical (unpaired) electrons. The van der Waals surface area contributed by atoms with E-state index in [-0.39, 0.29) is 11.3 Å². The highest BCUT2D eigenvalue weighted by molar-refractivity contribution is 6.28. The summed E-state index contributed by atoms with van der Waals surface area (Å²) in [6.07, 6.45) is 2.62. The zero-order valence-electron chi connectivity index (χ0n) is 11.9. The summed E-state index contributed by atoms with van der Waals surface area (Å²) in [5.74, 6) is 0.662. The standard InChI is InChI=1S/C15H16ClN5/c1-3-10-4-6-11(7-5-10)9(2)19-14-12-13(18-8-17-12)20-15(16)21-14/h4-9H,3H2,1-2H3,(H2,17,18,19,20,21). The Morgan fingerprint density at radius 2 is 2.00 bits per heavy atom. The van der Waals surface area contributed by atoms with Crippen LogP contribution in [0, 0.1) is 0 Å². The molecule has 2 heterocycles. The van der Waals surface area contributed by atoms with Crippen molar-refractivity contribution < 1.29 is 0 Å². The fraction of sp³-hybridized carbons (Fsp3) is 0.267. The minimum atomic E-state index is 0.105. The Morgan fingerprint density at radius 1 is 1.24 bits per heavy atom. The Kier molecular flexibility index (Phi) is 3.75. The number of aromatic amines is 1. The van der Waals surface area contributed by atoms with E-state index in [1.54, 1.807) is 6.33 Å². The van der Waals surface area contributed by atoms with Crippen molar-refractivity contribution in [2.75, 3.05) is 5.32 Å². The second kappa shape index (κ2) is 5.69. The summed E-state index contributed by atoms with van der Waals surface area (Å²) < 4.78 is 0. The van der Waals surface area contributed by atoms with Crippen LogP contribution in [0.4, 0.5) is 5.82 Å². The van der Waals surface area contributed by atoms with Gasteiger partial charge in [-0.15, -0.1) is 0 Å². The van der Waals surface area contributed by atoms with Crippen molar-refractivity contribution in [3.8, 4) is 0 Å². The lowest BCUT2D eigenvalue weighted by Crippen LogP contribution is -2.09. The van der Waals surface area contributed by atoms with Gasteiger partial charge in [0, 0.05) is 0 Å². The van der Waals surface area contributed by atoms with Crippen LogP contribution in [-0.2, 0) is 6.42 Å². The van der Waals surface area contributed by atoms with Gasteiger partial charge in [0.05, 0.1) is 12.4 Å². The Labute approximate surface area is 127 Å². The molecule has 0 aliphatic heterocycles. The van der Waals surface area contributed by atoms with Gasteiger partial charge in [-0.1, -0.05) is 31.2 Å². The molecule has 6 heteroatoms. The molecule has 1 atom stereocenters. The average molecular weight is 302 g/mol. The highest BCUT2D eigenvalue weighted by Crippen LogP contribution is 2.24. The molecule has 0 bridgehead atoms. The van der Waals surface area contributed by atoms with E-state index >= 15 is 0 Å². The van der Waals surface area contributed by atoms with Crippen LogP contribution in [-0.4, -0.2) is 19.9 Å². The number of hydrogen-bond acceptors (Lipinski definition) is 4. The van der Waals surface area contributed by atoms with Crippen molar-refractivity contribution in [3.63, 3.8) is 0 Å². The third-order valence-electron chi connectivity index (χ3n) is 3.50. The van der Waals surface area contributed by atoms with Crippen LogP contribution >= 0.6 is 11.6 Å². The number of imidazole rings is 1. The fourth-order valence-corrected chi connectivity index (χ4v) is 2.41. The van der Waals surface area contributed by atoms with Crippen molar-refractivity contribution in [1.29, 1.82) is 0 Å². The molecule has 0 saturated heterocycles. The molecular weight excluding hydrogens is 286 g/mol. The smallest absolute Gasteiger partial charge is 0.226 e. The first-order valence-corrected chi connectivity index (χ1v) is 7.27. The van der Waals surface area contributed by atoms with Crippen molar-refractivity contribution in [1.82, 2.24) is 19.9 Å². The summed E-state index contributed by atoms with van der Waals surface area (Å²) in [6.45, 7) is 4.23. The van der Waals surface area contributed by atoms with Gasteiger partial charge in [-0.25, -0.2) is 4.98 Å². The Balaban J connectivity index is 1.88. The Morgan fingerprint density at radius 3 is 2.71 bits per heavy atom. The topological polar surface area (TPSA) is 66.5 Å². The molecule has 1 unspecified atom stereocenters. The molecule has 108 valence electrons. The molecule has 3 aromatic rings. The second-order valence-corrected chi connectivity index (χ2v) is 5.24. The van der Waals surface area contributed by atoms with Crippen LogP contribution in [0.25, 0.3) is 11.2 Å². The molecule has 5 nitrogen and oxygen atoms in total. The number of halogens is 1. The lowest BCUT2D eigenvalue weighted by atomic mass is 10.1. The molecule has 0 amide bonds. The molecule has 0 fully saturated rings. The quantitative estimate of drug-likeness (QED) is 0.720. The Bertz CT molecular complexity index is 750. The predicted octanol–water partition coefficient (Wildman–Crippen LogP) is 3.74. The van der Waals surface area contributed by atoms with Crippen molar-refractivity contribution in [2.45, 2.75) is 26.3 Å². The third-order valence-corrected chi connectivity index (χ3v) is 3.67. The van der Waals surface area contributed by atoms with Crippen LogP contribution < -0.4 is 5.32 Å². The minimum absolute atomic E-state index is 0.105. The van der Waals surface area contributed by atoms with Crippen molar-refractivity contribution in [3.05, 3.63) is 47.0 Å². The largest absolute Gasteiger partial charge is 0.362 e. The van der Waals surface area contributed by atoms with E-state index in [9.17, 15) is 0 Å². The number of nitrogens with zero attached hydrogens (tertiary/aromatic N) is 3. The summed E-state index contributed by atoms with van der Waals surface area (Å²) in [7, 11) is 0.